The van der Waals surface area contributed by atoms with Gasteiger partial charge in [-0.2, -0.15) is 5.10 Å². The number of piperazine rings is 1. The lowest BCUT2D eigenvalue weighted by molar-refractivity contribution is 0.0955. The van der Waals surface area contributed by atoms with E-state index in [1.807, 2.05) is 48.5 Å². The lowest BCUT2D eigenvalue weighted by Crippen LogP contribution is -2.47. The quantitative estimate of drug-likeness (QED) is 0.209. The molecular weight excluding hydrogens is 535 g/mol. The highest BCUT2D eigenvalue weighted by Gasteiger charge is 2.17. The van der Waals surface area contributed by atoms with Crippen LogP contribution in [0.1, 0.15) is 15.9 Å². The number of ether oxygens (including phenoxy) is 1. The van der Waals surface area contributed by atoms with Gasteiger partial charge in [0.1, 0.15) is 18.1 Å². The zero-order chi connectivity index (χ0) is 27.2. The Morgan fingerprint density at radius 1 is 0.949 bits per heavy atom. The Balaban J connectivity index is 1.16. The number of halogens is 2. The molecule has 0 aromatic heterocycles. The first-order valence-corrected chi connectivity index (χ1v) is 13.4. The van der Waals surface area contributed by atoms with Crippen LogP contribution in [0.15, 0.2) is 84.0 Å². The molecule has 1 aliphatic heterocycles. The minimum atomic E-state index is -0.425. The third-order valence-electron chi connectivity index (χ3n) is 6.73. The van der Waals surface area contributed by atoms with E-state index in [4.69, 9.17) is 27.9 Å². The van der Waals surface area contributed by atoms with Crippen LogP contribution in [0.4, 0.5) is 5.69 Å². The zero-order valence-electron chi connectivity index (χ0n) is 21.2. The molecule has 0 atom stereocenters. The molecular formula is C30H28Cl2N4O3. The van der Waals surface area contributed by atoms with Gasteiger partial charge >= 0.3 is 0 Å². The normalized spacial score (nSPS) is 14.2. The number of fused-ring (bicyclic) bond motifs is 1. The molecule has 2 N–H and O–H groups in total. The van der Waals surface area contributed by atoms with E-state index in [1.165, 1.54) is 23.9 Å². The molecule has 1 fully saturated rings. The Bertz CT molecular complexity index is 1490. The third-order valence-corrected chi connectivity index (χ3v) is 7.28. The predicted molar refractivity (Wildman–Crippen MR) is 158 cm³/mol. The monoisotopic (exact) mass is 562 g/mol. The van der Waals surface area contributed by atoms with Gasteiger partial charge in [0.15, 0.2) is 0 Å². The van der Waals surface area contributed by atoms with E-state index in [-0.39, 0.29) is 10.8 Å². The molecule has 7 nitrogen and oxygen atoms in total. The standard InChI is InChI=1S/C30H28Cl2N4O3/c31-23-7-9-24(10-8-23)36-15-13-35(14-16-36)17-18-39-29-12-6-22(25-3-1-2-4-26(25)29)20-33-34-30(38)21-5-11-28(37)27(32)19-21/h1-12,19-20,37H,13-18H2,(H,34,38)/b33-20+. The van der Waals surface area contributed by atoms with Crippen LogP contribution in [0.25, 0.3) is 10.8 Å². The summed E-state index contributed by atoms with van der Waals surface area (Å²) in [7, 11) is 0. The van der Waals surface area contributed by atoms with Crippen molar-refractivity contribution in [3.63, 3.8) is 0 Å². The average Bonchev–Trinajstić information content (AvgIpc) is 2.96. The lowest BCUT2D eigenvalue weighted by atomic mass is 10.0. The van der Waals surface area contributed by atoms with Gasteiger partial charge in [0.2, 0.25) is 0 Å². The van der Waals surface area contributed by atoms with Crippen LogP contribution in [0, 0.1) is 0 Å². The molecule has 200 valence electrons. The number of hydrogen-bond acceptors (Lipinski definition) is 6. The molecule has 9 heteroatoms. The topological polar surface area (TPSA) is 77.4 Å². The van der Waals surface area contributed by atoms with Crippen LogP contribution >= 0.6 is 23.2 Å². The number of benzene rings is 4. The molecule has 39 heavy (non-hydrogen) atoms. The number of nitrogens with one attached hydrogen (secondary N) is 1. The van der Waals surface area contributed by atoms with Crippen molar-refractivity contribution in [3.8, 4) is 11.5 Å². The van der Waals surface area contributed by atoms with Crippen molar-refractivity contribution in [2.45, 2.75) is 0 Å². The fourth-order valence-electron chi connectivity index (χ4n) is 4.57. The third kappa shape index (κ3) is 6.63. The summed E-state index contributed by atoms with van der Waals surface area (Å²) >= 11 is 11.9. The molecule has 1 amide bonds. The fourth-order valence-corrected chi connectivity index (χ4v) is 4.88. The van der Waals surface area contributed by atoms with Gasteiger partial charge < -0.3 is 14.7 Å². The molecule has 0 spiro atoms. The summed E-state index contributed by atoms with van der Waals surface area (Å²) in [6.45, 7) is 5.32. The zero-order valence-corrected chi connectivity index (χ0v) is 22.7. The van der Waals surface area contributed by atoms with Gasteiger partial charge in [0, 0.05) is 59.9 Å². The number of rotatable bonds is 8. The van der Waals surface area contributed by atoms with Gasteiger partial charge in [0.25, 0.3) is 5.91 Å². The smallest absolute Gasteiger partial charge is 0.271 e. The van der Waals surface area contributed by atoms with E-state index in [0.717, 1.165) is 59.8 Å². The average molecular weight is 563 g/mol. The van der Waals surface area contributed by atoms with Gasteiger partial charge in [-0.25, -0.2) is 5.43 Å². The summed E-state index contributed by atoms with van der Waals surface area (Å²) in [6.07, 6.45) is 1.60. The van der Waals surface area contributed by atoms with Gasteiger partial charge in [-0.05, 0) is 60.0 Å². The molecule has 0 unspecified atom stereocenters. The van der Waals surface area contributed by atoms with Gasteiger partial charge in [-0.1, -0.05) is 47.5 Å². The highest BCUT2D eigenvalue weighted by molar-refractivity contribution is 6.32. The second-order valence-electron chi connectivity index (χ2n) is 9.22. The molecule has 4 aromatic carbocycles. The van der Waals surface area contributed by atoms with Crippen molar-refractivity contribution in [1.29, 1.82) is 0 Å². The van der Waals surface area contributed by atoms with Gasteiger partial charge in [-0.3, -0.25) is 9.69 Å². The van der Waals surface area contributed by atoms with E-state index < -0.39 is 5.91 Å². The Labute approximate surface area is 237 Å². The predicted octanol–water partition coefficient (Wildman–Crippen LogP) is 5.82. The minimum absolute atomic E-state index is 0.0813. The molecule has 5 rings (SSSR count). The Morgan fingerprint density at radius 2 is 1.69 bits per heavy atom. The largest absolute Gasteiger partial charge is 0.506 e. The van der Waals surface area contributed by atoms with Crippen molar-refractivity contribution in [2.24, 2.45) is 5.10 Å². The number of hydrazone groups is 1. The van der Waals surface area contributed by atoms with Crippen LogP contribution < -0.4 is 15.1 Å². The molecule has 1 saturated heterocycles. The summed E-state index contributed by atoms with van der Waals surface area (Å²) < 4.78 is 6.21. The number of carbonyl (C=O) groups is 1. The highest BCUT2D eigenvalue weighted by atomic mass is 35.5. The van der Waals surface area contributed by atoms with E-state index in [1.54, 1.807) is 6.21 Å². The van der Waals surface area contributed by atoms with E-state index >= 15 is 0 Å². The minimum Gasteiger partial charge on any atom is -0.506 e. The Hall–Kier alpha value is -3.78. The number of phenolic OH excluding ortho intramolecular Hbond substituents is 1. The second kappa shape index (κ2) is 12.4. The molecule has 0 saturated carbocycles. The number of anilines is 1. The molecule has 4 aromatic rings. The van der Waals surface area contributed by atoms with Crippen LogP contribution in [-0.2, 0) is 0 Å². The molecule has 0 radical (unpaired) electrons. The van der Waals surface area contributed by atoms with E-state index in [0.29, 0.717) is 12.2 Å². The summed E-state index contributed by atoms with van der Waals surface area (Å²) in [5.74, 6) is 0.305. The first kappa shape index (κ1) is 26.8. The summed E-state index contributed by atoms with van der Waals surface area (Å²) in [6, 6.07) is 24.1. The van der Waals surface area contributed by atoms with Crippen LogP contribution in [0.5, 0.6) is 11.5 Å². The molecule has 1 heterocycles. The SMILES string of the molecule is O=C(N/N=C/c1ccc(OCCN2CCN(c3ccc(Cl)cc3)CC2)c2ccccc12)c1ccc(O)c(Cl)c1. The van der Waals surface area contributed by atoms with Crippen molar-refractivity contribution in [3.05, 3.63) is 100 Å². The summed E-state index contributed by atoms with van der Waals surface area (Å²) in [5.41, 5.74) is 4.86. The van der Waals surface area contributed by atoms with Crippen molar-refractivity contribution in [1.82, 2.24) is 10.3 Å². The van der Waals surface area contributed by atoms with Crippen molar-refractivity contribution < 1.29 is 14.6 Å². The number of hydrogen-bond donors (Lipinski definition) is 2. The maximum absolute atomic E-state index is 12.4. The van der Waals surface area contributed by atoms with E-state index in [9.17, 15) is 9.90 Å². The highest BCUT2D eigenvalue weighted by Crippen LogP contribution is 2.28. The van der Waals surface area contributed by atoms with Crippen LogP contribution in [0.2, 0.25) is 10.0 Å². The number of carbonyl (C=O) groups excluding carboxylic acids is 1. The first-order chi connectivity index (χ1) is 19.0. The number of nitrogens with zero attached hydrogens (tertiary/aromatic N) is 3. The maximum atomic E-state index is 12.4. The van der Waals surface area contributed by atoms with E-state index in [2.05, 4.69) is 32.5 Å². The van der Waals surface area contributed by atoms with Crippen LogP contribution in [-0.4, -0.2) is 61.5 Å². The number of amides is 1. The number of phenols is 1. The Kier molecular flexibility index (Phi) is 8.51. The molecule has 0 aliphatic carbocycles. The van der Waals surface area contributed by atoms with Crippen molar-refractivity contribution >= 4 is 51.8 Å². The van der Waals surface area contributed by atoms with Gasteiger partial charge in [-0.15, -0.1) is 0 Å². The van der Waals surface area contributed by atoms with Crippen molar-refractivity contribution in [2.75, 3.05) is 44.2 Å². The summed E-state index contributed by atoms with van der Waals surface area (Å²) in [4.78, 5) is 17.2. The molecule has 0 bridgehead atoms. The Morgan fingerprint density at radius 3 is 2.44 bits per heavy atom. The molecule has 1 aliphatic rings. The second-order valence-corrected chi connectivity index (χ2v) is 10.1. The lowest BCUT2D eigenvalue weighted by Gasteiger charge is -2.36. The number of aromatic hydroxyl groups is 1. The van der Waals surface area contributed by atoms with Gasteiger partial charge in [0.05, 0.1) is 11.2 Å². The van der Waals surface area contributed by atoms with Crippen LogP contribution in [0.3, 0.4) is 0 Å². The maximum Gasteiger partial charge on any atom is 0.271 e. The fraction of sp³-hybridized carbons (Fsp3) is 0.200. The summed E-state index contributed by atoms with van der Waals surface area (Å²) in [5, 5.41) is 16.5. The first-order valence-electron chi connectivity index (χ1n) is 12.7.